The lowest BCUT2D eigenvalue weighted by molar-refractivity contribution is 0.138. The molecule has 3 heterocycles. The second-order valence-electron chi connectivity index (χ2n) is 3.67. The van der Waals surface area contributed by atoms with Gasteiger partial charge in [-0.2, -0.15) is 0 Å². The van der Waals surface area contributed by atoms with Crippen LogP contribution in [0.5, 0.6) is 11.8 Å². The van der Waals surface area contributed by atoms with Gasteiger partial charge < -0.3 is 14.8 Å². The monoisotopic (exact) mass is 213 g/mol. The summed E-state index contributed by atoms with van der Waals surface area (Å²) in [5.74, 6) is 2.20. The highest BCUT2D eigenvalue weighted by atomic mass is 32.1. The molecular weight excluding hydrogens is 202 g/mol. The molecule has 76 valence electrons. The normalized spacial score (nSPS) is 30.6. The van der Waals surface area contributed by atoms with Gasteiger partial charge in [0, 0.05) is 24.9 Å². The van der Waals surface area contributed by atoms with Gasteiger partial charge in [-0.3, -0.25) is 0 Å². The van der Waals surface area contributed by atoms with Crippen molar-refractivity contribution in [2.45, 2.75) is 0 Å². The largest absolute Gasteiger partial charge is 0.473 e. The molecule has 0 amide bonds. The van der Waals surface area contributed by atoms with Crippen molar-refractivity contribution in [2.24, 2.45) is 11.8 Å². The van der Waals surface area contributed by atoms with Gasteiger partial charge in [0.05, 0.1) is 24.9 Å². The number of hydrogen-bond donors (Lipinski definition) is 1. The van der Waals surface area contributed by atoms with Gasteiger partial charge in [0.15, 0.2) is 0 Å². The van der Waals surface area contributed by atoms with Crippen molar-refractivity contribution in [2.75, 3.05) is 26.3 Å². The summed E-state index contributed by atoms with van der Waals surface area (Å²) < 4.78 is 19.2. The summed E-state index contributed by atoms with van der Waals surface area (Å²) in [5, 5.41) is 3.34. The first-order chi connectivity index (χ1) is 6.93. The first kappa shape index (κ1) is 8.43. The van der Waals surface area contributed by atoms with Crippen LogP contribution in [0.25, 0.3) is 0 Å². The van der Waals surface area contributed by atoms with Crippen LogP contribution in [0, 0.1) is 11.8 Å². The minimum absolute atomic E-state index is 0.546. The zero-order chi connectivity index (χ0) is 9.38. The standard InChI is InChI=1S/C8H11N3O2S/c1-5-3-12-7-8(11-14-10-7)13-4-6(5)2-9-1/h5-6,9H,1-4H2/t5-,6+. The minimum Gasteiger partial charge on any atom is -0.473 e. The van der Waals surface area contributed by atoms with Crippen LogP contribution >= 0.6 is 11.7 Å². The number of fused-ring (bicyclic) bond motifs is 2. The molecule has 0 radical (unpaired) electrons. The summed E-state index contributed by atoms with van der Waals surface area (Å²) in [6.45, 7) is 3.47. The summed E-state index contributed by atoms with van der Waals surface area (Å²) in [6.07, 6.45) is 0. The van der Waals surface area contributed by atoms with E-state index in [0.717, 1.165) is 38.0 Å². The van der Waals surface area contributed by atoms with E-state index in [2.05, 4.69) is 14.1 Å². The molecule has 1 aromatic rings. The lowest BCUT2D eigenvalue weighted by Crippen LogP contribution is -2.27. The predicted octanol–water partition coefficient (Wildman–Crippen LogP) is 0.145. The van der Waals surface area contributed by atoms with Gasteiger partial charge >= 0.3 is 0 Å². The number of rotatable bonds is 0. The van der Waals surface area contributed by atoms with Crippen LogP contribution in [-0.4, -0.2) is 35.1 Å². The van der Waals surface area contributed by atoms with Crippen LogP contribution in [0.2, 0.25) is 0 Å². The Morgan fingerprint density at radius 2 is 1.64 bits per heavy atom. The third kappa shape index (κ3) is 1.34. The van der Waals surface area contributed by atoms with Crippen LogP contribution in [0.1, 0.15) is 0 Å². The molecule has 0 aliphatic carbocycles. The average Bonchev–Trinajstić information content (AvgIpc) is 2.75. The number of nitrogens with zero attached hydrogens (tertiary/aromatic N) is 2. The molecule has 14 heavy (non-hydrogen) atoms. The lowest BCUT2D eigenvalue weighted by Gasteiger charge is -2.21. The average molecular weight is 213 g/mol. The van der Waals surface area contributed by atoms with E-state index in [0.29, 0.717) is 23.6 Å². The molecule has 6 heteroatoms. The molecule has 2 atom stereocenters. The van der Waals surface area contributed by atoms with E-state index in [1.165, 1.54) is 0 Å². The Kier molecular flexibility index (Phi) is 2.02. The molecule has 0 saturated carbocycles. The van der Waals surface area contributed by atoms with Crippen molar-refractivity contribution in [3.8, 4) is 11.8 Å². The Balaban J connectivity index is 1.82. The molecule has 1 N–H and O–H groups in total. The zero-order valence-electron chi connectivity index (χ0n) is 7.60. The fourth-order valence-electron chi connectivity index (χ4n) is 1.90. The zero-order valence-corrected chi connectivity index (χ0v) is 8.42. The van der Waals surface area contributed by atoms with Gasteiger partial charge in [-0.25, -0.2) is 0 Å². The Bertz CT molecular complexity index is 302. The SMILES string of the molecule is C1NC[C@H]2COc3nsnc3OC[C@@H]12. The molecule has 5 nitrogen and oxygen atoms in total. The highest BCUT2D eigenvalue weighted by Gasteiger charge is 2.31. The summed E-state index contributed by atoms with van der Waals surface area (Å²) in [6, 6.07) is 0. The predicted molar refractivity (Wildman–Crippen MR) is 50.7 cm³/mol. The van der Waals surface area contributed by atoms with Crippen LogP contribution in [-0.2, 0) is 0 Å². The Labute approximate surface area is 85.7 Å². The molecule has 1 fully saturated rings. The minimum atomic E-state index is 0.546. The van der Waals surface area contributed by atoms with Gasteiger partial charge in [0.25, 0.3) is 11.8 Å². The molecule has 2 aliphatic rings. The highest BCUT2D eigenvalue weighted by molar-refractivity contribution is 6.99. The maximum atomic E-state index is 5.55. The number of nitrogens with one attached hydrogen (secondary N) is 1. The molecular formula is C8H11N3O2S. The van der Waals surface area contributed by atoms with Crippen molar-refractivity contribution >= 4 is 11.7 Å². The van der Waals surface area contributed by atoms with E-state index in [9.17, 15) is 0 Å². The summed E-state index contributed by atoms with van der Waals surface area (Å²) >= 11 is 1.14. The van der Waals surface area contributed by atoms with Crippen LogP contribution in [0.3, 0.4) is 0 Å². The van der Waals surface area contributed by atoms with Gasteiger partial charge in [-0.05, 0) is 0 Å². The summed E-state index contributed by atoms with van der Waals surface area (Å²) in [4.78, 5) is 0. The smallest absolute Gasteiger partial charge is 0.291 e. The molecule has 2 aliphatic heterocycles. The van der Waals surface area contributed by atoms with Gasteiger partial charge in [0.1, 0.15) is 0 Å². The Morgan fingerprint density at radius 3 is 2.21 bits per heavy atom. The Morgan fingerprint density at radius 1 is 1.07 bits per heavy atom. The molecule has 0 unspecified atom stereocenters. The molecule has 1 saturated heterocycles. The lowest BCUT2D eigenvalue weighted by atomic mass is 9.98. The number of aromatic nitrogens is 2. The van der Waals surface area contributed by atoms with E-state index in [1.54, 1.807) is 0 Å². The molecule has 0 spiro atoms. The van der Waals surface area contributed by atoms with Gasteiger partial charge in [-0.1, -0.05) is 0 Å². The third-order valence-electron chi connectivity index (χ3n) is 2.78. The van der Waals surface area contributed by atoms with Gasteiger partial charge in [-0.15, -0.1) is 8.75 Å². The topological polar surface area (TPSA) is 56.3 Å². The maximum absolute atomic E-state index is 5.55. The van der Waals surface area contributed by atoms with E-state index < -0.39 is 0 Å². The fourth-order valence-corrected chi connectivity index (χ4v) is 2.35. The first-order valence-corrected chi connectivity index (χ1v) is 5.45. The van der Waals surface area contributed by atoms with Crippen molar-refractivity contribution in [3.63, 3.8) is 0 Å². The molecule has 3 rings (SSSR count). The second-order valence-corrected chi connectivity index (χ2v) is 4.20. The van der Waals surface area contributed by atoms with Crippen LogP contribution < -0.4 is 14.8 Å². The van der Waals surface area contributed by atoms with E-state index >= 15 is 0 Å². The van der Waals surface area contributed by atoms with Gasteiger partial charge in [0.2, 0.25) is 0 Å². The van der Waals surface area contributed by atoms with E-state index in [-0.39, 0.29) is 0 Å². The van der Waals surface area contributed by atoms with Crippen LogP contribution in [0.15, 0.2) is 0 Å². The second kappa shape index (κ2) is 3.36. The quantitative estimate of drug-likeness (QED) is 0.664. The first-order valence-electron chi connectivity index (χ1n) is 4.72. The highest BCUT2D eigenvalue weighted by Crippen LogP contribution is 2.29. The fraction of sp³-hybridized carbons (Fsp3) is 0.750. The maximum Gasteiger partial charge on any atom is 0.291 e. The molecule has 0 aromatic carbocycles. The van der Waals surface area contributed by atoms with E-state index in [1.807, 2.05) is 0 Å². The van der Waals surface area contributed by atoms with Crippen LogP contribution in [0.4, 0.5) is 0 Å². The molecule has 1 aromatic heterocycles. The Hall–Kier alpha value is -0.880. The summed E-state index contributed by atoms with van der Waals surface area (Å²) in [5.41, 5.74) is 0. The third-order valence-corrected chi connectivity index (χ3v) is 3.27. The van der Waals surface area contributed by atoms with Crippen molar-refractivity contribution in [1.82, 2.24) is 14.1 Å². The molecule has 0 bridgehead atoms. The van der Waals surface area contributed by atoms with Crippen molar-refractivity contribution in [3.05, 3.63) is 0 Å². The number of ether oxygens (including phenoxy) is 2. The van der Waals surface area contributed by atoms with E-state index in [4.69, 9.17) is 9.47 Å². The van der Waals surface area contributed by atoms with Crippen molar-refractivity contribution < 1.29 is 9.47 Å². The number of hydrogen-bond acceptors (Lipinski definition) is 6. The summed E-state index contributed by atoms with van der Waals surface area (Å²) in [7, 11) is 0. The van der Waals surface area contributed by atoms with Crippen molar-refractivity contribution in [1.29, 1.82) is 0 Å².